The molecular formula is C15H25N3O2S. The Morgan fingerprint density at radius 3 is 2.67 bits per heavy atom. The van der Waals surface area contributed by atoms with Crippen molar-refractivity contribution in [2.24, 2.45) is 0 Å². The molecule has 0 aromatic carbocycles. The molecule has 2 unspecified atom stereocenters. The lowest BCUT2D eigenvalue weighted by molar-refractivity contribution is -0.122. The Labute approximate surface area is 130 Å². The summed E-state index contributed by atoms with van der Waals surface area (Å²) in [7, 11) is 2.04. The van der Waals surface area contributed by atoms with Gasteiger partial charge in [-0.15, -0.1) is 11.3 Å². The molecule has 118 valence electrons. The highest BCUT2D eigenvalue weighted by Gasteiger charge is 2.17. The lowest BCUT2D eigenvalue weighted by Crippen LogP contribution is -2.46. The van der Waals surface area contributed by atoms with E-state index in [4.69, 9.17) is 0 Å². The van der Waals surface area contributed by atoms with Crippen LogP contribution < -0.4 is 10.6 Å². The van der Waals surface area contributed by atoms with Crippen LogP contribution >= 0.6 is 11.3 Å². The second kappa shape index (κ2) is 8.79. The van der Waals surface area contributed by atoms with Crippen LogP contribution in [-0.4, -0.2) is 48.9 Å². The first-order valence-corrected chi connectivity index (χ1v) is 8.16. The summed E-state index contributed by atoms with van der Waals surface area (Å²) in [5, 5.41) is 7.39. The highest BCUT2D eigenvalue weighted by Crippen LogP contribution is 2.08. The molecule has 2 atom stereocenters. The molecule has 0 saturated heterocycles. The smallest absolute Gasteiger partial charge is 0.261 e. The van der Waals surface area contributed by atoms with Crippen molar-refractivity contribution in [1.29, 1.82) is 0 Å². The van der Waals surface area contributed by atoms with Crippen LogP contribution in [0.25, 0.3) is 0 Å². The summed E-state index contributed by atoms with van der Waals surface area (Å²) in [6.45, 7) is 7.37. The molecule has 21 heavy (non-hydrogen) atoms. The fourth-order valence-electron chi connectivity index (χ4n) is 1.78. The minimum absolute atomic E-state index is 0.155. The number of hydrogen-bond donors (Lipinski definition) is 2. The van der Waals surface area contributed by atoms with E-state index in [0.717, 1.165) is 13.0 Å². The summed E-state index contributed by atoms with van der Waals surface area (Å²) < 4.78 is 0. The summed E-state index contributed by atoms with van der Waals surface area (Å²) in [4.78, 5) is 26.6. The van der Waals surface area contributed by atoms with Gasteiger partial charge in [-0.3, -0.25) is 9.59 Å². The van der Waals surface area contributed by atoms with E-state index >= 15 is 0 Å². The van der Waals surface area contributed by atoms with Gasteiger partial charge in [0.25, 0.3) is 5.91 Å². The zero-order valence-electron chi connectivity index (χ0n) is 13.2. The van der Waals surface area contributed by atoms with Gasteiger partial charge in [0.15, 0.2) is 0 Å². The molecule has 0 aliphatic heterocycles. The number of thiophene rings is 1. The molecule has 0 radical (unpaired) electrons. The van der Waals surface area contributed by atoms with Crippen LogP contribution in [0.2, 0.25) is 0 Å². The van der Waals surface area contributed by atoms with Gasteiger partial charge >= 0.3 is 0 Å². The average Bonchev–Trinajstić information content (AvgIpc) is 3.00. The highest BCUT2D eigenvalue weighted by atomic mass is 32.1. The first-order valence-electron chi connectivity index (χ1n) is 7.28. The number of carbonyl (C=O) groups excluding carboxylic acids is 2. The predicted octanol–water partition coefficient (Wildman–Crippen LogP) is 1.71. The predicted molar refractivity (Wildman–Crippen MR) is 86.6 cm³/mol. The third-order valence-electron chi connectivity index (χ3n) is 3.59. The molecular weight excluding hydrogens is 286 g/mol. The lowest BCUT2D eigenvalue weighted by atomic mass is 10.2. The third kappa shape index (κ3) is 5.85. The monoisotopic (exact) mass is 311 g/mol. The van der Waals surface area contributed by atoms with Crippen molar-refractivity contribution >= 4 is 23.2 Å². The second-order valence-corrected chi connectivity index (χ2v) is 6.15. The second-order valence-electron chi connectivity index (χ2n) is 5.20. The molecule has 0 saturated carbocycles. The van der Waals surface area contributed by atoms with Crippen molar-refractivity contribution in [3.05, 3.63) is 22.4 Å². The number of likely N-dealkylation sites (N-methyl/N-ethyl adjacent to an activating group) is 1. The molecule has 0 fully saturated rings. The van der Waals surface area contributed by atoms with Gasteiger partial charge in [-0.05, 0) is 38.8 Å². The molecule has 0 aliphatic carbocycles. The molecule has 1 aromatic heterocycles. The van der Waals surface area contributed by atoms with Crippen molar-refractivity contribution < 1.29 is 9.59 Å². The Morgan fingerprint density at radius 2 is 2.10 bits per heavy atom. The minimum Gasteiger partial charge on any atom is -0.353 e. The molecule has 1 aromatic rings. The molecule has 2 amide bonds. The molecule has 1 heterocycles. The molecule has 1 rings (SSSR count). The zero-order valence-corrected chi connectivity index (χ0v) is 14.0. The van der Waals surface area contributed by atoms with Crippen molar-refractivity contribution in [3.8, 4) is 0 Å². The Kier molecular flexibility index (Phi) is 7.39. The fourth-order valence-corrected chi connectivity index (χ4v) is 2.41. The maximum absolute atomic E-state index is 11.9. The third-order valence-corrected chi connectivity index (χ3v) is 4.46. The van der Waals surface area contributed by atoms with Gasteiger partial charge < -0.3 is 15.5 Å². The quantitative estimate of drug-likeness (QED) is 0.768. The summed E-state index contributed by atoms with van der Waals surface area (Å²) in [6.07, 6.45) is 1.08. The number of carbonyl (C=O) groups is 2. The Bertz CT molecular complexity index is 448. The number of hydrogen-bond acceptors (Lipinski definition) is 4. The van der Waals surface area contributed by atoms with E-state index in [1.54, 1.807) is 13.0 Å². The molecule has 2 N–H and O–H groups in total. The van der Waals surface area contributed by atoms with Crippen molar-refractivity contribution in [2.75, 3.05) is 20.1 Å². The summed E-state index contributed by atoms with van der Waals surface area (Å²) in [6, 6.07) is 3.52. The van der Waals surface area contributed by atoms with Crippen LogP contribution in [0.1, 0.15) is 36.9 Å². The van der Waals surface area contributed by atoms with Gasteiger partial charge in [-0.2, -0.15) is 0 Å². The van der Waals surface area contributed by atoms with Crippen LogP contribution in [0.5, 0.6) is 0 Å². The molecule has 6 heteroatoms. The maximum atomic E-state index is 11.9. The first kappa shape index (κ1) is 17.7. The van der Waals surface area contributed by atoms with Crippen molar-refractivity contribution in [2.45, 2.75) is 39.3 Å². The number of rotatable bonds is 8. The molecule has 5 nitrogen and oxygen atoms in total. The van der Waals surface area contributed by atoms with E-state index in [-0.39, 0.29) is 11.8 Å². The van der Waals surface area contributed by atoms with Gasteiger partial charge in [0, 0.05) is 19.1 Å². The van der Waals surface area contributed by atoms with Crippen LogP contribution in [0.4, 0.5) is 0 Å². The topological polar surface area (TPSA) is 61.4 Å². The van der Waals surface area contributed by atoms with Gasteiger partial charge in [-0.1, -0.05) is 13.0 Å². The van der Waals surface area contributed by atoms with Crippen LogP contribution in [-0.2, 0) is 4.79 Å². The number of amides is 2. The van der Waals surface area contributed by atoms with Crippen LogP contribution in [0.15, 0.2) is 17.5 Å². The van der Waals surface area contributed by atoms with Crippen LogP contribution in [0.3, 0.4) is 0 Å². The summed E-state index contributed by atoms with van der Waals surface area (Å²) in [5.74, 6) is -0.359. The van der Waals surface area contributed by atoms with E-state index in [1.807, 2.05) is 18.5 Å². The Hall–Kier alpha value is -1.40. The maximum Gasteiger partial charge on any atom is 0.261 e. The van der Waals surface area contributed by atoms with Gasteiger partial charge in [0.1, 0.15) is 6.04 Å². The first-order chi connectivity index (χ1) is 9.95. The van der Waals surface area contributed by atoms with Gasteiger partial charge in [0.05, 0.1) is 4.88 Å². The van der Waals surface area contributed by atoms with E-state index < -0.39 is 6.04 Å². The number of nitrogens with one attached hydrogen (secondary N) is 2. The molecule has 0 aliphatic rings. The van der Waals surface area contributed by atoms with Gasteiger partial charge in [0.2, 0.25) is 5.91 Å². The normalized spacial score (nSPS) is 13.8. The van der Waals surface area contributed by atoms with E-state index in [9.17, 15) is 9.59 Å². The highest BCUT2D eigenvalue weighted by molar-refractivity contribution is 7.12. The zero-order chi connectivity index (χ0) is 15.8. The summed E-state index contributed by atoms with van der Waals surface area (Å²) >= 11 is 1.36. The molecule has 0 bridgehead atoms. The average molecular weight is 311 g/mol. The van der Waals surface area contributed by atoms with E-state index in [1.165, 1.54) is 11.3 Å². The SMILES string of the molecule is CCC(C)N(C)CCNC(=O)C(C)NC(=O)c1cccs1. The lowest BCUT2D eigenvalue weighted by Gasteiger charge is -2.23. The van der Waals surface area contributed by atoms with Crippen LogP contribution in [0, 0.1) is 0 Å². The van der Waals surface area contributed by atoms with Crippen molar-refractivity contribution in [3.63, 3.8) is 0 Å². The molecule has 0 spiro atoms. The summed E-state index contributed by atoms with van der Waals surface area (Å²) in [5.41, 5.74) is 0. The fraction of sp³-hybridized carbons (Fsp3) is 0.600. The van der Waals surface area contributed by atoms with Gasteiger partial charge in [-0.25, -0.2) is 0 Å². The standard InChI is InChI=1S/C15H25N3O2S/c1-5-11(2)18(4)9-8-16-14(19)12(3)17-15(20)13-7-6-10-21-13/h6-7,10-12H,5,8-9H2,1-4H3,(H,16,19)(H,17,20). The Morgan fingerprint density at radius 1 is 1.38 bits per heavy atom. The largest absolute Gasteiger partial charge is 0.353 e. The van der Waals surface area contributed by atoms with Crippen molar-refractivity contribution in [1.82, 2.24) is 15.5 Å². The minimum atomic E-state index is -0.534. The Balaban J connectivity index is 2.30. The van der Waals surface area contributed by atoms with E-state index in [0.29, 0.717) is 17.5 Å². The van der Waals surface area contributed by atoms with E-state index in [2.05, 4.69) is 29.4 Å². The number of nitrogens with zero attached hydrogens (tertiary/aromatic N) is 1.